The minimum atomic E-state index is 0.536. The summed E-state index contributed by atoms with van der Waals surface area (Å²) < 4.78 is 5.38. The van der Waals surface area contributed by atoms with Crippen molar-refractivity contribution >= 4 is 23.2 Å². The normalized spacial score (nSPS) is 10.9. The van der Waals surface area contributed by atoms with Crippen molar-refractivity contribution in [3.05, 3.63) is 27.7 Å². The number of halogens is 2. The Kier molecular flexibility index (Phi) is 10.8. The van der Waals surface area contributed by atoms with E-state index in [1.54, 1.807) is 7.11 Å². The van der Waals surface area contributed by atoms with E-state index in [0.717, 1.165) is 17.7 Å². The Hall–Kier alpha value is -0.400. The SMILES string of the molecule is CCCCCCCCCCCCc1ccc(Cl)c(Cl)c1OC. The fourth-order valence-electron chi connectivity index (χ4n) is 2.79. The van der Waals surface area contributed by atoms with Crippen LogP contribution in [0.2, 0.25) is 10.0 Å². The molecule has 0 heterocycles. The van der Waals surface area contributed by atoms with E-state index in [2.05, 4.69) is 6.92 Å². The lowest BCUT2D eigenvalue weighted by Gasteiger charge is -2.11. The molecule has 0 atom stereocenters. The first-order valence-electron chi connectivity index (χ1n) is 8.71. The number of methoxy groups -OCH3 is 1. The van der Waals surface area contributed by atoms with Gasteiger partial charge in [0.25, 0.3) is 0 Å². The van der Waals surface area contributed by atoms with Crippen molar-refractivity contribution in [2.24, 2.45) is 0 Å². The van der Waals surface area contributed by atoms with E-state index in [4.69, 9.17) is 27.9 Å². The standard InChI is InChI=1S/C19H30Cl2O/c1-3-4-5-6-7-8-9-10-11-12-13-16-14-15-17(20)18(21)19(16)22-2/h14-15H,3-13H2,1-2H3. The van der Waals surface area contributed by atoms with Gasteiger partial charge < -0.3 is 4.74 Å². The summed E-state index contributed by atoms with van der Waals surface area (Å²) in [5, 5.41) is 1.10. The van der Waals surface area contributed by atoms with Crippen LogP contribution in [0, 0.1) is 0 Å². The van der Waals surface area contributed by atoms with Crippen molar-refractivity contribution in [1.29, 1.82) is 0 Å². The van der Waals surface area contributed by atoms with Gasteiger partial charge in [0, 0.05) is 0 Å². The molecule has 0 aliphatic carbocycles. The van der Waals surface area contributed by atoms with E-state index in [1.165, 1.54) is 64.2 Å². The molecular weight excluding hydrogens is 315 g/mol. The molecule has 0 radical (unpaired) electrons. The van der Waals surface area contributed by atoms with Gasteiger partial charge in [-0.05, 0) is 24.5 Å². The zero-order chi connectivity index (χ0) is 16.2. The van der Waals surface area contributed by atoms with Crippen LogP contribution in [-0.2, 0) is 6.42 Å². The highest BCUT2D eigenvalue weighted by molar-refractivity contribution is 6.43. The molecule has 0 saturated heterocycles. The minimum absolute atomic E-state index is 0.536. The van der Waals surface area contributed by atoms with Gasteiger partial charge in [0.1, 0.15) is 10.8 Å². The lowest BCUT2D eigenvalue weighted by atomic mass is 10.0. The summed E-state index contributed by atoms with van der Waals surface area (Å²) in [5.41, 5.74) is 1.16. The highest BCUT2D eigenvalue weighted by Crippen LogP contribution is 2.35. The van der Waals surface area contributed by atoms with Crippen LogP contribution in [0.1, 0.15) is 76.7 Å². The topological polar surface area (TPSA) is 9.23 Å². The van der Waals surface area contributed by atoms with Crippen LogP contribution >= 0.6 is 23.2 Å². The minimum Gasteiger partial charge on any atom is -0.495 e. The summed E-state index contributed by atoms with van der Waals surface area (Å²) in [6, 6.07) is 3.89. The number of ether oxygens (including phenoxy) is 1. The fraction of sp³-hybridized carbons (Fsp3) is 0.684. The number of hydrogen-bond acceptors (Lipinski definition) is 1. The number of unbranched alkanes of at least 4 members (excludes halogenated alkanes) is 9. The van der Waals surface area contributed by atoms with E-state index >= 15 is 0 Å². The van der Waals surface area contributed by atoms with E-state index in [1.807, 2.05) is 12.1 Å². The largest absolute Gasteiger partial charge is 0.495 e. The molecule has 0 fully saturated rings. The Bertz CT molecular complexity index is 418. The molecular formula is C19H30Cl2O. The highest BCUT2D eigenvalue weighted by atomic mass is 35.5. The van der Waals surface area contributed by atoms with Crippen LogP contribution in [0.4, 0.5) is 0 Å². The van der Waals surface area contributed by atoms with Crippen LogP contribution in [0.3, 0.4) is 0 Å². The molecule has 0 spiro atoms. The maximum Gasteiger partial charge on any atom is 0.142 e. The molecule has 126 valence electrons. The van der Waals surface area contributed by atoms with Crippen LogP contribution < -0.4 is 4.74 Å². The average molecular weight is 345 g/mol. The Balaban J connectivity index is 2.14. The molecule has 0 saturated carbocycles. The lowest BCUT2D eigenvalue weighted by Crippen LogP contribution is -1.94. The summed E-state index contributed by atoms with van der Waals surface area (Å²) in [7, 11) is 1.65. The molecule has 22 heavy (non-hydrogen) atoms. The van der Waals surface area contributed by atoms with Crippen LogP contribution in [0.25, 0.3) is 0 Å². The molecule has 0 N–H and O–H groups in total. The van der Waals surface area contributed by atoms with Gasteiger partial charge in [-0.25, -0.2) is 0 Å². The second kappa shape index (κ2) is 12.1. The molecule has 0 aromatic heterocycles. The molecule has 0 aliphatic heterocycles. The van der Waals surface area contributed by atoms with E-state index < -0.39 is 0 Å². The number of rotatable bonds is 12. The van der Waals surface area contributed by atoms with Gasteiger partial charge in [0.05, 0.1) is 12.1 Å². The van der Waals surface area contributed by atoms with Crippen molar-refractivity contribution in [2.75, 3.05) is 7.11 Å². The quantitative estimate of drug-likeness (QED) is 0.357. The molecule has 1 aromatic carbocycles. The summed E-state index contributed by atoms with van der Waals surface area (Å²) in [6.07, 6.45) is 14.5. The maximum absolute atomic E-state index is 6.17. The molecule has 0 unspecified atom stereocenters. The van der Waals surface area contributed by atoms with Gasteiger partial charge in [-0.2, -0.15) is 0 Å². The van der Waals surface area contributed by atoms with E-state index in [9.17, 15) is 0 Å². The Morgan fingerprint density at radius 2 is 1.36 bits per heavy atom. The predicted molar refractivity (Wildman–Crippen MR) is 98.6 cm³/mol. The zero-order valence-corrected chi connectivity index (χ0v) is 15.6. The van der Waals surface area contributed by atoms with Crippen LogP contribution in [-0.4, -0.2) is 7.11 Å². The first-order valence-corrected chi connectivity index (χ1v) is 9.47. The van der Waals surface area contributed by atoms with Crippen LogP contribution in [0.5, 0.6) is 5.75 Å². The Morgan fingerprint density at radius 1 is 0.818 bits per heavy atom. The van der Waals surface area contributed by atoms with Crippen molar-refractivity contribution in [1.82, 2.24) is 0 Å². The van der Waals surface area contributed by atoms with Gasteiger partial charge in [0.15, 0.2) is 0 Å². The average Bonchev–Trinajstić information content (AvgIpc) is 2.52. The molecule has 1 rings (SSSR count). The smallest absolute Gasteiger partial charge is 0.142 e. The monoisotopic (exact) mass is 344 g/mol. The summed E-state index contributed by atoms with van der Waals surface area (Å²) in [4.78, 5) is 0. The fourth-order valence-corrected chi connectivity index (χ4v) is 3.20. The van der Waals surface area contributed by atoms with Crippen LogP contribution in [0.15, 0.2) is 12.1 Å². The third kappa shape index (κ3) is 7.24. The molecule has 1 nitrogen and oxygen atoms in total. The predicted octanol–water partition coefficient (Wildman–Crippen LogP) is 7.47. The third-order valence-electron chi connectivity index (χ3n) is 4.14. The first kappa shape index (κ1) is 19.6. The van der Waals surface area contributed by atoms with Crippen molar-refractivity contribution < 1.29 is 4.74 Å². The molecule has 0 amide bonds. The maximum atomic E-state index is 6.17. The van der Waals surface area contributed by atoms with Gasteiger partial charge in [-0.15, -0.1) is 0 Å². The van der Waals surface area contributed by atoms with Crippen molar-refractivity contribution in [3.63, 3.8) is 0 Å². The second-order valence-electron chi connectivity index (χ2n) is 5.99. The molecule has 1 aromatic rings. The molecule has 0 bridgehead atoms. The Labute approximate surface area is 146 Å². The van der Waals surface area contributed by atoms with E-state index in [0.29, 0.717) is 10.0 Å². The van der Waals surface area contributed by atoms with Gasteiger partial charge in [0.2, 0.25) is 0 Å². The van der Waals surface area contributed by atoms with Crippen molar-refractivity contribution in [3.8, 4) is 5.75 Å². The van der Waals surface area contributed by atoms with Crippen molar-refractivity contribution in [2.45, 2.75) is 77.6 Å². The lowest BCUT2D eigenvalue weighted by molar-refractivity contribution is 0.409. The summed E-state index contributed by atoms with van der Waals surface area (Å²) >= 11 is 12.2. The number of hydrogen-bond donors (Lipinski definition) is 0. The number of benzene rings is 1. The summed E-state index contributed by atoms with van der Waals surface area (Å²) in [6.45, 7) is 2.27. The third-order valence-corrected chi connectivity index (χ3v) is 4.92. The second-order valence-corrected chi connectivity index (χ2v) is 6.77. The van der Waals surface area contributed by atoms with Gasteiger partial charge in [-0.3, -0.25) is 0 Å². The van der Waals surface area contributed by atoms with E-state index in [-0.39, 0.29) is 0 Å². The molecule has 0 aliphatic rings. The van der Waals surface area contributed by atoms with Gasteiger partial charge in [-0.1, -0.05) is 94.0 Å². The zero-order valence-electron chi connectivity index (χ0n) is 14.1. The van der Waals surface area contributed by atoms with Gasteiger partial charge >= 0.3 is 0 Å². The molecule has 3 heteroatoms. The number of aryl methyl sites for hydroxylation is 1. The Morgan fingerprint density at radius 3 is 1.91 bits per heavy atom. The highest BCUT2D eigenvalue weighted by Gasteiger charge is 2.10. The summed E-state index contributed by atoms with van der Waals surface area (Å²) in [5.74, 6) is 0.741. The first-order chi connectivity index (χ1) is 10.7.